The molecule has 0 amide bonds. The summed E-state index contributed by atoms with van der Waals surface area (Å²) >= 11 is 0. The molecule has 2 heterocycles. The third-order valence-corrected chi connectivity index (χ3v) is 5.84. The van der Waals surface area contributed by atoms with E-state index in [1.807, 2.05) is 0 Å². The van der Waals surface area contributed by atoms with Crippen molar-refractivity contribution >= 4 is 0 Å². The predicted molar refractivity (Wildman–Crippen MR) is 80.5 cm³/mol. The molecule has 3 rings (SSSR count). The predicted octanol–water partition coefficient (Wildman–Crippen LogP) is 2.08. The first kappa shape index (κ1) is 13.8. The van der Waals surface area contributed by atoms with E-state index in [1.165, 1.54) is 58.0 Å². The van der Waals surface area contributed by atoms with Gasteiger partial charge in [0.2, 0.25) is 0 Å². The van der Waals surface area contributed by atoms with Crippen molar-refractivity contribution in [1.29, 1.82) is 0 Å². The summed E-state index contributed by atoms with van der Waals surface area (Å²) in [5, 5.41) is 3.75. The van der Waals surface area contributed by atoms with Crippen LogP contribution in [0.1, 0.15) is 51.9 Å². The van der Waals surface area contributed by atoms with Crippen LogP contribution >= 0.6 is 0 Å². The van der Waals surface area contributed by atoms with E-state index in [-0.39, 0.29) is 0 Å². The zero-order chi connectivity index (χ0) is 13.2. The van der Waals surface area contributed by atoms with Crippen LogP contribution < -0.4 is 5.32 Å². The minimum absolute atomic E-state index is 0.751. The molecule has 1 N–H and O–H groups in total. The number of hydrogen-bond donors (Lipinski definition) is 1. The number of nitrogens with one attached hydrogen (secondary N) is 1. The van der Waals surface area contributed by atoms with Crippen LogP contribution in [-0.2, 0) is 0 Å². The fourth-order valence-corrected chi connectivity index (χ4v) is 4.68. The highest BCUT2D eigenvalue weighted by Crippen LogP contribution is 2.32. The third kappa shape index (κ3) is 2.84. The quantitative estimate of drug-likeness (QED) is 0.843. The SMILES string of the molecule is CCNC1CCCCC1N1CCC2CCC(C1)N2C. The molecule has 3 aliphatic rings. The molecular weight excluding hydrogens is 234 g/mol. The van der Waals surface area contributed by atoms with Gasteiger partial charge < -0.3 is 5.32 Å². The van der Waals surface area contributed by atoms with Crippen molar-refractivity contribution in [2.75, 3.05) is 26.7 Å². The lowest BCUT2D eigenvalue weighted by atomic mass is 9.88. The first-order valence-corrected chi connectivity index (χ1v) is 8.49. The highest BCUT2D eigenvalue weighted by Gasteiger charge is 2.38. The summed E-state index contributed by atoms with van der Waals surface area (Å²) in [6.45, 7) is 6.03. The van der Waals surface area contributed by atoms with Crippen LogP contribution in [0.25, 0.3) is 0 Å². The number of likely N-dealkylation sites (N-methyl/N-ethyl adjacent to an activating group) is 2. The summed E-state index contributed by atoms with van der Waals surface area (Å²) in [6, 6.07) is 3.26. The van der Waals surface area contributed by atoms with Gasteiger partial charge in [0, 0.05) is 37.3 Å². The van der Waals surface area contributed by atoms with Gasteiger partial charge in [-0.15, -0.1) is 0 Å². The first-order chi connectivity index (χ1) is 9.29. The average molecular weight is 265 g/mol. The van der Waals surface area contributed by atoms with E-state index in [9.17, 15) is 0 Å². The molecule has 19 heavy (non-hydrogen) atoms. The van der Waals surface area contributed by atoms with Gasteiger partial charge in [-0.1, -0.05) is 19.8 Å². The number of fused-ring (bicyclic) bond motifs is 2. The number of hydrogen-bond acceptors (Lipinski definition) is 3. The Hall–Kier alpha value is -0.120. The lowest BCUT2D eigenvalue weighted by Crippen LogP contribution is -2.53. The van der Waals surface area contributed by atoms with Gasteiger partial charge in [-0.25, -0.2) is 0 Å². The zero-order valence-electron chi connectivity index (χ0n) is 12.8. The van der Waals surface area contributed by atoms with Gasteiger partial charge in [-0.05, 0) is 45.7 Å². The van der Waals surface area contributed by atoms with Crippen molar-refractivity contribution in [3.05, 3.63) is 0 Å². The van der Waals surface area contributed by atoms with Crippen LogP contribution in [-0.4, -0.2) is 60.6 Å². The van der Waals surface area contributed by atoms with E-state index >= 15 is 0 Å². The highest BCUT2D eigenvalue weighted by molar-refractivity contribution is 4.96. The molecule has 1 saturated carbocycles. The fourth-order valence-electron chi connectivity index (χ4n) is 4.68. The van der Waals surface area contributed by atoms with Crippen molar-refractivity contribution in [2.45, 2.75) is 76.0 Å². The molecule has 2 aliphatic heterocycles. The Kier molecular flexibility index (Phi) is 4.45. The second-order valence-corrected chi connectivity index (χ2v) is 6.85. The lowest BCUT2D eigenvalue weighted by Gasteiger charge is -2.41. The molecule has 0 spiro atoms. The van der Waals surface area contributed by atoms with Crippen LogP contribution in [0.15, 0.2) is 0 Å². The monoisotopic (exact) mass is 265 g/mol. The largest absolute Gasteiger partial charge is 0.313 e. The maximum atomic E-state index is 3.75. The fraction of sp³-hybridized carbons (Fsp3) is 1.00. The van der Waals surface area contributed by atoms with E-state index in [1.54, 1.807) is 0 Å². The molecule has 0 aromatic carbocycles. The Labute approximate surface area is 118 Å². The number of rotatable bonds is 3. The molecule has 0 aromatic rings. The Balaban J connectivity index is 1.66. The topological polar surface area (TPSA) is 18.5 Å². The number of nitrogens with zero attached hydrogens (tertiary/aromatic N) is 2. The molecule has 110 valence electrons. The summed E-state index contributed by atoms with van der Waals surface area (Å²) < 4.78 is 0. The third-order valence-electron chi connectivity index (χ3n) is 5.84. The molecule has 1 aliphatic carbocycles. The van der Waals surface area contributed by atoms with Crippen LogP contribution in [0.5, 0.6) is 0 Å². The summed E-state index contributed by atoms with van der Waals surface area (Å²) in [4.78, 5) is 5.51. The zero-order valence-corrected chi connectivity index (χ0v) is 12.8. The van der Waals surface area contributed by atoms with E-state index in [0.717, 1.165) is 30.7 Å². The van der Waals surface area contributed by atoms with Crippen molar-refractivity contribution in [3.63, 3.8) is 0 Å². The van der Waals surface area contributed by atoms with Gasteiger partial charge in [0.1, 0.15) is 0 Å². The van der Waals surface area contributed by atoms with Gasteiger partial charge >= 0.3 is 0 Å². The summed E-state index contributed by atoms with van der Waals surface area (Å²) in [5.74, 6) is 0. The molecule has 4 unspecified atom stereocenters. The molecule has 0 radical (unpaired) electrons. The maximum absolute atomic E-state index is 3.75. The molecule has 3 nitrogen and oxygen atoms in total. The minimum atomic E-state index is 0.751. The Morgan fingerprint density at radius 3 is 2.63 bits per heavy atom. The van der Waals surface area contributed by atoms with Gasteiger partial charge in [0.05, 0.1) is 0 Å². The van der Waals surface area contributed by atoms with E-state index in [2.05, 4.69) is 29.1 Å². The number of likely N-dealkylation sites (tertiary alicyclic amines) is 1. The summed E-state index contributed by atoms with van der Waals surface area (Å²) in [5.41, 5.74) is 0. The Morgan fingerprint density at radius 1 is 1.00 bits per heavy atom. The van der Waals surface area contributed by atoms with Gasteiger partial charge in [0.15, 0.2) is 0 Å². The molecule has 0 aromatic heterocycles. The van der Waals surface area contributed by atoms with Gasteiger partial charge in [-0.2, -0.15) is 0 Å². The van der Waals surface area contributed by atoms with Crippen molar-refractivity contribution < 1.29 is 0 Å². The summed E-state index contributed by atoms with van der Waals surface area (Å²) in [7, 11) is 2.36. The average Bonchev–Trinajstić information content (AvgIpc) is 2.65. The van der Waals surface area contributed by atoms with Crippen molar-refractivity contribution in [2.24, 2.45) is 0 Å². The normalized spacial score (nSPS) is 41.4. The molecule has 4 atom stereocenters. The molecule has 2 bridgehead atoms. The van der Waals surface area contributed by atoms with E-state index in [0.29, 0.717) is 0 Å². The van der Waals surface area contributed by atoms with E-state index < -0.39 is 0 Å². The summed E-state index contributed by atoms with van der Waals surface area (Å²) in [6.07, 6.45) is 9.92. The first-order valence-electron chi connectivity index (χ1n) is 8.49. The smallest absolute Gasteiger partial charge is 0.0250 e. The van der Waals surface area contributed by atoms with Crippen molar-refractivity contribution in [3.8, 4) is 0 Å². The second-order valence-electron chi connectivity index (χ2n) is 6.85. The lowest BCUT2D eigenvalue weighted by molar-refractivity contribution is 0.111. The standard InChI is InChI=1S/C16H31N3/c1-3-17-15-6-4-5-7-16(15)19-11-10-13-8-9-14(12-19)18(13)2/h13-17H,3-12H2,1-2H3. The van der Waals surface area contributed by atoms with Crippen LogP contribution in [0.2, 0.25) is 0 Å². The van der Waals surface area contributed by atoms with Gasteiger partial charge in [-0.3, -0.25) is 9.80 Å². The molecule has 2 saturated heterocycles. The van der Waals surface area contributed by atoms with Crippen LogP contribution in [0.3, 0.4) is 0 Å². The second kappa shape index (κ2) is 6.11. The molecule has 3 fully saturated rings. The van der Waals surface area contributed by atoms with Crippen molar-refractivity contribution in [1.82, 2.24) is 15.1 Å². The van der Waals surface area contributed by atoms with Gasteiger partial charge in [0.25, 0.3) is 0 Å². The minimum Gasteiger partial charge on any atom is -0.313 e. The molecular formula is C16H31N3. The molecule has 3 heteroatoms. The van der Waals surface area contributed by atoms with E-state index in [4.69, 9.17) is 0 Å². The maximum Gasteiger partial charge on any atom is 0.0250 e. The highest BCUT2D eigenvalue weighted by atomic mass is 15.3. The Bertz CT molecular complexity index is 292. The van der Waals surface area contributed by atoms with Crippen LogP contribution in [0.4, 0.5) is 0 Å². The van der Waals surface area contributed by atoms with Crippen LogP contribution in [0, 0.1) is 0 Å². The Morgan fingerprint density at radius 2 is 1.79 bits per heavy atom.